The highest BCUT2D eigenvalue weighted by Gasteiger charge is 2.49. The maximum Gasteiger partial charge on any atom is 0.335 e. The fourth-order valence-electron chi connectivity index (χ4n) is 1.66. The highest BCUT2D eigenvalue weighted by Crippen LogP contribution is 2.41. The van der Waals surface area contributed by atoms with Crippen molar-refractivity contribution >= 4 is 5.97 Å². The first-order valence-electron chi connectivity index (χ1n) is 4.74. The van der Waals surface area contributed by atoms with E-state index in [-0.39, 0.29) is 5.60 Å². The Hall–Kier alpha value is -0.570. The van der Waals surface area contributed by atoms with Gasteiger partial charge in [0.25, 0.3) is 0 Å². The molecule has 1 rings (SSSR count). The van der Waals surface area contributed by atoms with Gasteiger partial charge in [-0.25, -0.2) is 4.79 Å². The molecule has 0 aliphatic carbocycles. The Kier molecular flexibility index (Phi) is 2.41. The highest BCUT2D eigenvalue weighted by atomic mass is 16.6. The van der Waals surface area contributed by atoms with Crippen LogP contribution in [0, 0.1) is 5.92 Å². The fraction of sp³-hybridized carbons (Fsp3) is 0.900. The van der Waals surface area contributed by atoms with E-state index < -0.39 is 11.6 Å². The maximum atomic E-state index is 10.9. The van der Waals surface area contributed by atoms with Gasteiger partial charge < -0.3 is 9.84 Å². The SMILES string of the molecule is CC(C)C1(C)CCC(C)(C(=O)O)O1. The number of rotatable bonds is 2. The van der Waals surface area contributed by atoms with Crippen LogP contribution < -0.4 is 0 Å². The zero-order chi connectivity index (χ0) is 10.3. The molecule has 1 aliphatic heterocycles. The third kappa shape index (κ3) is 1.70. The highest BCUT2D eigenvalue weighted by molar-refractivity contribution is 5.77. The molecule has 0 saturated carbocycles. The lowest BCUT2D eigenvalue weighted by molar-refractivity contribution is -0.173. The van der Waals surface area contributed by atoms with Gasteiger partial charge in [0.15, 0.2) is 5.60 Å². The summed E-state index contributed by atoms with van der Waals surface area (Å²) in [5, 5.41) is 8.96. The normalized spacial score (nSPS) is 39.8. The van der Waals surface area contributed by atoms with Gasteiger partial charge >= 0.3 is 5.97 Å². The Morgan fingerprint density at radius 2 is 1.92 bits per heavy atom. The van der Waals surface area contributed by atoms with Crippen molar-refractivity contribution in [3.05, 3.63) is 0 Å². The third-order valence-electron chi connectivity index (χ3n) is 3.23. The molecule has 0 aromatic carbocycles. The molecule has 76 valence electrons. The second kappa shape index (κ2) is 2.98. The lowest BCUT2D eigenvalue weighted by atomic mass is 9.89. The summed E-state index contributed by atoms with van der Waals surface area (Å²) in [7, 11) is 0. The van der Waals surface area contributed by atoms with Crippen LogP contribution in [0.2, 0.25) is 0 Å². The number of carboxylic acid groups (broad SMARTS) is 1. The molecule has 3 heteroatoms. The number of carboxylic acids is 1. The van der Waals surface area contributed by atoms with E-state index in [4.69, 9.17) is 9.84 Å². The Bertz CT molecular complexity index is 224. The molecule has 2 atom stereocenters. The molecule has 1 heterocycles. The minimum Gasteiger partial charge on any atom is -0.479 e. The molecule has 0 radical (unpaired) electrons. The summed E-state index contributed by atoms with van der Waals surface area (Å²) in [4.78, 5) is 10.9. The first-order chi connectivity index (χ1) is 5.80. The predicted molar refractivity (Wildman–Crippen MR) is 49.6 cm³/mol. The quantitative estimate of drug-likeness (QED) is 0.718. The molecular weight excluding hydrogens is 168 g/mol. The summed E-state index contributed by atoms with van der Waals surface area (Å²) in [6, 6.07) is 0. The van der Waals surface area contributed by atoms with Crippen molar-refractivity contribution in [3.63, 3.8) is 0 Å². The van der Waals surface area contributed by atoms with Crippen molar-refractivity contribution in [2.75, 3.05) is 0 Å². The summed E-state index contributed by atoms with van der Waals surface area (Å²) in [6.45, 7) is 7.77. The summed E-state index contributed by atoms with van der Waals surface area (Å²) in [6.07, 6.45) is 1.44. The molecule has 1 saturated heterocycles. The molecular formula is C10H18O3. The number of aliphatic carboxylic acids is 1. The van der Waals surface area contributed by atoms with Gasteiger partial charge in [0.1, 0.15) is 0 Å². The molecule has 0 amide bonds. The van der Waals surface area contributed by atoms with Crippen LogP contribution in [0.3, 0.4) is 0 Å². The van der Waals surface area contributed by atoms with Gasteiger partial charge in [0, 0.05) is 0 Å². The van der Waals surface area contributed by atoms with E-state index in [1.807, 2.05) is 6.92 Å². The number of ether oxygens (including phenoxy) is 1. The predicted octanol–water partition coefficient (Wildman–Crippen LogP) is 2.05. The van der Waals surface area contributed by atoms with Gasteiger partial charge in [0.2, 0.25) is 0 Å². The molecule has 1 N–H and O–H groups in total. The van der Waals surface area contributed by atoms with E-state index in [9.17, 15) is 4.79 Å². The van der Waals surface area contributed by atoms with Crippen LogP contribution in [-0.2, 0) is 9.53 Å². The van der Waals surface area contributed by atoms with Crippen molar-refractivity contribution in [2.45, 2.75) is 51.7 Å². The van der Waals surface area contributed by atoms with Crippen LogP contribution in [0.5, 0.6) is 0 Å². The Labute approximate surface area is 79.1 Å². The van der Waals surface area contributed by atoms with Crippen molar-refractivity contribution in [1.29, 1.82) is 0 Å². The van der Waals surface area contributed by atoms with E-state index in [2.05, 4.69) is 13.8 Å². The van der Waals surface area contributed by atoms with Gasteiger partial charge in [-0.2, -0.15) is 0 Å². The van der Waals surface area contributed by atoms with Crippen molar-refractivity contribution < 1.29 is 14.6 Å². The largest absolute Gasteiger partial charge is 0.479 e. The molecule has 1 fully saturated rings. The second-order valence-electron chi connectivity index (χ2n) is 4.61. The van der Waals surface area contributed by atoms with E-state index in [1.165, 1.54) is 0 Å². The lowest BCUT2D eigenvalue weighted by Gasteiger charge is -2.31. The second-order valence-corrected chi connectivity index (χ2v) is 4.61. The van der Waals surface area contributed by atoms with E-state index in [1.54, 1.807) is 6.92 Å². The molecule has 13 heavy (non-hydrogen) atoms. The molecule has 1 aliphatic rings. The standard InChI is InChI=1S/C10H18O3/c1-7(2)9(3)5-6-10(4,13-9)8(11)12/h7H,5-6H2,1-4H3,(H,11,12). The van der Waals surface area contributed by atoms with Crippen LogP contribution in [0.25, 0.3) is 0 Å². The molecule has 0 bridgehead atoms. The minimum atomic E-state index is -0.973. The van der Waals surface area contributed by atoms with Gasteiger partial charge in [-0.1, -0.05) is 13.8 Å². The van der Waals surface area contributed by atoms with E-state index in [0.717, 1.165) is 6.42 Å². The summed E-state index contributed by atoms with van der Waals surface area (Å²) in [5.74, 6) is -0.495. The number of hydrogen-bond acceptors (Lipinski definition) is 2. The van der Waals surface area contributed by atoms with Crippen LogP contribution in [0.15, 0.2) is 0 Å². The van der Waals surface area contributed by atoms with E-state index >= 15 is 0 Å². The first kappa shape index (κ1) is 10.5. The molecule has 0 spiro atoms. The summed E-state index contributed by atoms with van der Waals surface area (Å²) < 4.78 is 5.66. The smallest absolute Gasteiger partial charge is 0.335 e. The Balaban J connectivity index is 2.79. The first-order valence-corrected chi connectivity index (χ1v) is 4.74. The monoisotopic (exact) mass is 186 g/mol. The average Bonchev–Trinajstić information content (AvgIpc) is 2.30. The van der Waals surface area contributed by atoms with Gasteiger partial charge in [-0.15, -0.1) is 0 Å². The maximum absolute atomic E-state index is 10.9. The van der Waals surface area contributed by atoms with Gasteiger partial charge in [0.05, 0.1) is 5.60 Å². The number of hydrogen-bond donors (Lipinski definition) is 1. The Morgan fingerprint density at radius 1 is 1.38 bits per heavy atom. The van der Waals surface area contributed by atoms with E-state index in [0.29, 0.717) is 12.3 Å². The number of carbonyl (C=O) groups is 1. The van der Waals surface area contributed by atoms with Crippen molar-refractivity contribution in [1.82, 2.24) is 0 Å². The molecule has 3 nitrogen and oxygen atoms in total. The zero-order valence-electron chi connectivity index (χ0n) is 8.76. The summed E-state index contributed by atoms with van der Waals surface area (Å²) in [5.41, 5.74) is -1.24. The third-order valence-corrected chi connectivity index (χ3v) is 3.23. The molecule has 0 aromatic rings. The average molecular weight is 186 g/mol. The minimum absolute atomic E-state index is 0.271. The van der Waals surface area contributed by atoms with Crippen LogP contribution in [0.1, 0.15) is 40.5 Å². The topological polar surface area (TPSA) is 46.5 Å². The summed E-state index contributed by atoms with van der Waals surface area (Å²) >= 11 is 0. The lowest BCUT2D eigenvalue weighted by Crippen LogP contribution is -2.40. The van der Waals surface area contributed by atoms with Crippen LogP contribution >= 0.6 is 0 Å². The van der Waals surface area contributed by atoms with Crippen LogP contribution in [-0.4, -0.2) is 22.3 Å². The van der Waals surface area contributed by atoms with Crippen molar-refractivity contribution in [2.24, 2.45) is 5.92 Å². The molecule has 2 unspecified atom stereocenters. The molecule has 0 aromatic heterocycles. The zero-order valence-corrected chi connectivity index (χ0v) is 8.76. The van der Waals surface area contributed by atoms with Gasteiger partial charge in [-0.05, 0) is 32.6 Å². The fourth-order valence-corrected chi connectivity index (χ4v) is 1.66. The van der Waals surface area contributed by atoms with Crippen LogP contribution in [0.4, 0.5) is 0 Å². The Morgan fingerprint density at radius 3 is 2.15 bits per heavy atom. The van der Waals surface area contributed by atoms with Crippen molar-refractivity contribution in [3.8, 4) is 0 Å². The van der Waals surface area contributed by atoms with Gasteiger partial charge in [-0.3, -0.25) is 0 Å².